The van der Waals surface area contributed by atoms with E-state index in [1.165, 1.54) is 24.0 Å². The molecule has 0 amide bonds. The highest BCUT2D eigenvalue weighted by Crippen LogP contribution is 2.40. The Bertz CT molecular complexity index is 528. The van der Waals surface area contributed by atoms with Gasteiger partial charge in [0.15, 0.2) is 0 Å². The molecule has 0 bridgehead atoms. The SMILES string of the molecule is CCNC(c1ccn(CCc2ccncc2)c1)C1CC1. The Labute approximate surface area is 121 Å². The summed E-state index contributed by atoms with van der Waals surface area (Å²) in [4.78, 5) is 4.06. The molecule has 106 valence electrons. The molecule has 1 N–H and O–H groups in total. The molecule has 3 heteroatoms. The van der Waals surface area contributed by atoms with Crippen LogP contribution in [0.4, 0.5) is 0 Å². The van der Waals surface area contributed by atoms with Gasteiger partial charge < -0.3 is 9.88 Å². The second-order valence-electron chi connectivity index (χ2n) is 5.66. The quantitative estimate of drug-likeness (QED) is 0.836. The third kappa shape index (κ3) is 3.28. The van der Waals surface area contributed by atoms with E-state index in [9.17, 15) is 0 Å². The van der Waals surface area contributed by atoms with E-state index in [0.29, 0.717) is 6.04 Å². The smallest absolute Gasteiger partial charge is 0.0363 e. The average Bonchev–Trinajstić information content (AvgIpc) is 3.22. The van der Waals surface area contributed by atoms with Gasteiger partial charge in [-0.25, -0.2) is 0 Å². The van der Waals surface area contributed by atoms with Gasteiger partial charge >= 0.3 is 0 Å². The second kappa shape index (κ2) is 6.23. The number of aromatic nitrogens is 2. The lowest BCUT2D eigenvalue weighted by Gasteiger charge is -2.15. The van der Waals surface area contributed by atoms with Gasteiger partial charge in [-0.2, -0.15) is 0 Å². The molecule has 0 aliphatic heterocycles. The standard InChI is InChI=1S/C17H23N3/c1-2-19-17(15-3-4-15)16-8-12-20(13-16)11-7-14-5-9-18-10-6-14/h5-6,8-10,12-13,15,17,19H,2-4,7,11H2,1H3. The Kier molecular flexibility index (Phi) is 4.16. The minimum Gasteiger partial charge on any atom is -0.354 e. The molecule has 2 aromatic rings. The van der Waals surface area contributed by atoms with E-state index in [0.717, 1.165) is 25.4 Å². The summed E-state index contributed by atoms with van der Waals surface area (Å²) in [5.41, 5.74) is 2.80. The van der Waals surface area contributed by atoms with Crippen molar-refractivity contribution in [3.63, 3.8) is 0 Å². The number of nitrogens with zero attached hydrogens (tertiary/aromatic N) is 2. The molecular weight excluding hydrogens is 246 g/mol. The fraction of sp³-hybridized carbons (Fsp3) is 0.471. The summed E-state index contributed by atoms with van der Waals surface area (Å²) >= 11 is 0. The van der Waals surface area contributed by atoms with Gasteiger partial charge in [0.1, 0.15) is 0 Å². The van der Waals surface area contributed by atoms with Crippen LogP contribution in [0.2, 0.25) is 0 Å². The van der Waals surface area contributed by atoms with E-state index in [1.807, 2.05) is 12.4 Å². The lowest BCUT2D eigenvalue weighted by atomic mass is 10.1. The lowest BCUT2D eigenvalue weighted by Crippen LogP contribution is -2.22. The molecule has 0 radical (unpaired) electrons. The van der Waals surface area contributed by atoms with Crippen LogP contribution in [0.15, 0.2) is 43.0 Å². The highest BCUT2D eigenvalue weighted by molar-refractivity contribution is 5.19. The molecule has 0 saturated heterocycles. The number of hydrogen-bond donors (Lipinski definition) is 1. The summed E-state index contributed by atoms with van der Waals surface area (Å²) in [7, 11) is 0. The Balaban J connectivity index is 1.61. The van der Waals surface area contributed by atoms with Crippen molar-refractivity contribution in [1.82, 2.24) is 14.9 Å². The van der Waals surface area contributed by atoms with Gasteiger partial charge in [0, 0.05) is 37.4 Å². The summed E-state index contributed by atoms with van der Waals surface area (Å²) < 4.78 is 2.31. The fourth-order valence-corrected chi connectivity index (χ4v) is 2.80. The number of pyridine rings is 1. The maximum absolute atomic E-state index is 4.06. The molecule has 2 aromatic heterocycles. The molecule has 3 nitrogen and oxygen atoms in total. The van der Waals surface area contributed by atoms with Crippen molar-refractivity contribution in [2.24, 2.45) is 5.92 Å². The van der Waals surface area contributed by atoms with E-state index < -0.39 is 0 Å². The van der Waals surface area contributed by atoms with Crippen molar-refractivity contribution in [3.05, 3.63) is 54.1 Å². The van der Waals surface area contributed by atoms with Crippen molar-refractivity contribution >= 4 is 0 Å². The first kappa shape index (κ1) is 13.4. The van der Waals surface area contributed by atoms with Crippen molar-refractivity contribution < 1.29 is 0 Å². The number of aryl methyl sites for hydroxylation is 2. The first-order valence-corrected chi connectivity index (χ1v) is 7.65. The predicted octanol–water partition coefficient (Wildman–Crippen LogP) is 3.19. The zero-order valence-corrected chi connectivity index (χ0v) is 12.1. The summed E-state index contributed by atoms with van der Waals surface area (Å²) in [6.07, 6.45) is 12.1. The molecule has 1 saturated carbocycles. The van der Waals surface area contributed by atoms with Gasteiger partial charge in [0.25, 0.3) is 0 Å². The van der Waals surface area contributed by atoms with Crippen LogP contribution in [0, 0.1) is 5.92 Å². The van der Waals surface area contributed by atoms with Crippen molar-refractivity contribution in [2.45, 2.75) is 38.8 Å². The van der Waals surface area contributed by atoms with Crippen LogP contribution in [0.1, 0.15) is 36.9 Å². The molecule has 1 unspecified atom stereocenters. The van der Waals surface area contributed by atoms with Gasteiger partial charge in [0.05, 0.1) is 0 Å². The number of hydrogen-bond acceptors (Lipinski definition) is 2. The topological polar surface area (TPSA) is 29.9 Å². The molecule has 20 heavy (non-hydrogen) atoms. The molecule has 3 rings (SSSR count). The molecule has 1 aliphatic carbocycles. The van der Waals surface area contributed by atoms with E-state index >= 15 is 0 Å². The molecule has 1 fully saturated rings. The van der Waals surface area contributed by atoms with Crippen LogP contribution in [0.5, 0.6) is 0 Å². The number of nitrogens with one attached hydrogen (secondary N) is 1. The van der Waals surface area contributed by atoms with Crippen LogP contribution in [0.3, 0.4) is 0 Å². The van der Waals surface area contributed by atoms with Gasteiger partial charge in [0.2, 0.25) is 0 Å². The monoisotopic (exact) mass is 269 g/mol. The van der Waals surface area contributed by atoms with E-state index in [4.69, 9.17) is 0 Å². The first-order valence-electron chi connectivity index (χ1n) is 7.65. The van der Waals surface area contributed by atoms with Crippen LogP contribution >= 0.6 is 0 Å². The molecule has 2 heterocycles. The molecule has 0 spiro atoms. The van der Waals surface area contributed by atoms with Crippen molar-refractivity contribution in [1.29, 1.82) is 0 Å². The zero-order valence-electron chi connectivity index (χ0n) is 12.1. The Hall–Kier alpha value is -1.61. The second-order valence-corrected chi connectivity index (χ2v) is 5.66. The molecular formula is C17H23N3. The van der Waals surface area contributed by atoms with Gasteiger partial charge in [-0.3, -0.25) is 4.98 Å². The highest BCUT2D eigenvalue weighted by Gasteiger charge is 2.31. The first-order chi connectivity index (χ1) is 9.86. The maximum atomic E-state index is 4.06. The van der Waals surface area contributed by atoms with Gasteiger partial charge in [-0.15, -0.1) is 0 Å². The Morgan fingerprint density at radius 1 is 1.30 bits per heavy atom. The predicted molar refractivity (Wildman–Crippen MR) is 81.5 cm³/mol. The minimum atomic E-state index is 0.558. The lowest BCUT2D eigenvalue weighted by molar-refractivity contribution is 0.495. The molecule has 0 aromatic carbocycles. The fourth-order valence-electron chi connectivity index (χ4n) is 2.80. The molecule has 1 aliphatic rings. The minimum absolute atomic E-state index is 0.558. The van der Waals surface area contributed by atoms with E-state index in [1.54, 1.807) is 0 Å². The summed E-state index contributed by atoms with van der Waals surface area (Å²) in [6, 6.07) is 7.02. The number of rotatable bonds is 7. The summed E-state index contributed by atoms with van der Waals surface area (Å²) in [6.45, 7) is 4.27. The summed E-state index contributed by atoms with van der Waals surface area (Å²) in [5, 5.41) is 3.63. The normalized spacial score (nSPS) is 16.2. The molecule has 1 atom stereocenters. The third-order valence-electron chi connectivity index (χ3n) is 4.06. The Morgan fingerprint density at radius 3 is 2.80 bits per heavy atom. The largest absolute Gasteiger partial charge is 0.354 e. The van der Waals surface area contributed by atoms with Crippen LogP contribution < -0.4 is 5.32 Å². The van der Waals surface area contributed by atoms with E-state index in [-0.39, 0.29) is 0 Å². The van der Waals surface area contributed by atoms with Crippen molar-refractivity contribution in [2.75, 3.05) is 6.54 Å². The zero-order chi connectivity index (χ0) is 13.8. The van der Waals surface area contributed by atoms with Crippen LogP contribution in [-0.2, 0) is 13.0 Å². The van der Waals surface area contributed by atoms with Gasteiger partial charge in [-0.05, 0) is 61.1 Å². The van der Waals surface area contributed by atoms with Crippen LogP contribution in [-0.4, -0.2) is 16.1 Å². The van der Waals surface area contributed by atoms with Crippen molar-refractivity contribution in [3.8, 4) is 0 Å². The summed E-state index contributed by atoms with van der Waals surface area (Å²) in [5.74, 6) is 0.853. The maximum Gasteiger partial charge on any atom is 0.0363 e. The van der Waals surface area contributed by atoms with Crippen LogP contribution in [0.25, 0.3) is 0 Å². The third-order valence-corrected chi connectivity index (χ3v) is 4.06. The Morgan fingerprint density at radius 2 is 2.10 bits per heavy atom. The average molecular weight is 269 g/mol. The van der Waals surface area contributed by atoms with E-state index in [2.05, 4.69) is 52.4 Å². The highest BCUT2D eigenvalue weighted by atomic mass is 15.0. The van der Waals surface area contributed by atoms with Gasteiger partial charge in [-0.1, -0.05) is 6.92 Å².